The maximum atomic E-state index is 12.1. The van der Waals surface area contributed by atoms with Crippen molar-refractivity contribution in [2.75, 3.05) is 13.7 Å². The normalized spacial score (nSPS) is 14.0. The Kier molecular flexibility index (Phi) is 6.90. The van der Waals surface area contributed by atoms with Gasteiger partial charge in [-0.15, -0.1) is 0 Å². The maximum Gasteiger partial charge on any atom is 0.315 e. The number of nitrogens with one attached hydrogen (secondary N) is 2. The van der Waals surface area contributed by atoms with Crippen molar-refractivity contribution >= 4 is 6.03 Å². The smallest absolute Gasteiger partial charge is 0.315 e. The van der Waals surface area contributed by atoms with Crippen molar-refractivity contribution in [3.05, 3.63) is 53.7 Å². The fourth-order valence-electron chi connectivity index (χ4n) is 3.29. The third-order valence-corrected chi connectivity index (χ3v) is 4.74. The summed E-state index contributed by atoms with van der Waals surface area (Å²) in [6.07, 6.45) is 7.24. The predicted octanol–water partition coefficient (Wildman–Crippen LogP) is 3.45. The van der Waals surface area contributed by atoms with Crippen LogP contribution in [0.3, 0.4) is 0 Å². The molecule has 0 unspecified atom stereocenters. The average molecular weight is 369 g/mol. The summed E-state index contributed by atoms with van der Waals surface area (Å²) >= 11 is 0. The van der Waals surface area contributed by atoms with Crippen LogP contribution in [0.5, 0.6) is 11.6 Å². The monoisotopic (exact) mass is 369 g/mol. The molecule has 144 valence electrons. The molecule has 6 nitrogen and oxygen atoms in total. The fourth-order valence-corrected chi connectivity index (χ4v) is 3.29. The van der Waals surface area contributed by atoms with E-state index in [9.17, 15) is 4.79 Å². The number of methoxy groups -OCH3 is 1. The van der Waals surface area contributed by atoms with Gasteiger partial charge in [-0.25, -0.2) is 9.78 Å². The molecule has 6 heteroatoms. The van der Waals surface area contributed by atoms with Gasteiger partial charge in [0.25, 0.3) is 0 Å². The number of ether oxygens (including phenoxy) is 2. The SMILES string of the molecule is COc1ccccc1CCNC(=O)NCc1cccnc1OC1CCCC1. The molecule has 2 amide bonds. The number of rotatable bonds is 8. The molecule has 1 aromatic heterocycles. The van der Waals surface area contributed by atoms with Gasteiger partial charge in [-0.2, -0.15) is 0 Å². The first-order valence-corrected chi connectivity index (χ1v) is 9.50. The number of carbonyl (C=O) groups excluding carboxylic acids is 1. The molecule has 0 atom stereocenters. The van der Waals surface area contributed by atoms with Crippen molar-refractivity contribution in [1.29, 1.82) is 0 Å². The van der Waals surface area contributed by atoms with E-state index in [2.05, 4.69) is 15.6 Å². The van der Waals surface area contributed by atoms with Gasteiger partial charge in [0.2, 0.25) is 5.88 Å². The van der Waals surface area contributed by atoms with E-state index in [1.165, 1.54) is 12.8 Å². The van der Waals surface area contributed by atoms with Crippen LogP contribution in [0.2, 0.25) is 0 Å². The second-order valence-corrected chi connectivity index (χ2v) is 6.66. The number of pyridine rings is 1. The van der Waals surface area contributed by atoms with Gasteiger partial charge in [0.05, 0.1) is 7.11 Å². The highest BCUT2D eigenvalue weighted by Crippen LogP contribution is 2.24. The zero-order valence-electron chi connectivity index (χ0n) is 15.7. The van der Waals surface area contributed by atoms with E-state index in [-0.39, 0.29) is 12.1 Å². The van der Waals surface area contributed by atoms with E-state index >= 15 is 0 Å². The average Bonchev–Trinajstić information content (AvgIpc) is 3.21. The van der Waals surface area contributed by atoms with Crippen LogP contribution in [0, 0.1) is 0 Å². The number of nitrogens with zero attached hydrogens (tertiary/aromatic N) is 1. The Labute approximate surface area is 160 Å². The number of para-hydroxylation sites is 1. The van der Waals surface area contributed by atoms with Gasteiger partial charge < -0.3 is 20.1 Å². The molecule has 0 spiro atoms. The van der Waals surface area contributed by atoms with Crippen LogP contribution >= 0.6 is 0 Å². The van der Waals surface area contributed by atoms with E-state index in [0.29, 0.717) is 25.4 Å². The number of aromatic nitrogens is 1. The molecule has 0 radical (unpaired) electrons. The molecule has 1 fully saturated rings. The van der Waals surface area contributed by atoms with Crippen molar-refractivity contribution in [2.45, 2.75) is 44.8 Å². The third kappa shape index (κ3) is 5.61. The molecule has 27 heavy (non-hydrogen) atoms. The standard InChI is InChI=1S/C21H27N3O3/c1-26-19-11-5-2-7-16(19)12-14-23-21(25)24-15-17-8-6-13-22-20(17)27-18-9-3-4-10-18/h2,5-8,11,13,18H,3-4,9-10,12,14-15H2,1H3,(H2,23,24,25). The first kappa shape index (κ1) is 19.0. The highest BCUT2D eigenvalue weighted by atomic mass is 16.5. The third-order valence-electron chi connectivity index (χ3n) is 4.74. The van der Waals surface area contributed by atoms with Gasteiger partial charge in [-0.3, -0.25) is 0 Å². The molecule has 0 bridgehead atoms. The van der Waals surface area contributed by atoms with E-state index in [0.717, 1.165) is 29.7 Å². The van der Waals surface area contributed by atoms with Crippen LogP contribution in [0.1, 0.15) is 36.8 Å². The lowest BCUT2D eigenvalue weighted by Gasteiger charge is -2.15. The molecular weight excluding hydrogens is 342 g/mol. The summed E-state index contributed by atoms with van der Waals surface area (Å²) in [5.74, 6) is 1.46. The second kappa shape index (κ2) is 9.80. The maximum absolute atomic E-state index is 12.1. The highest BCUT2D eigenvalue weighted by Gasteiger charge is 2.18. The van der Waals surface area contributed by atoms with Gasteiger partial charge in [0.1, 0.15) is 11.9 Å². The van der Waals surface area contributed by atoms with Crippen molar-refractivity contribution < 1.29 is 14.3 Å². The Bertz CT molecular complexity index is 745. The first-order chi connectivity index (χ1) is 13.3. The van der Waals surface area contributed by atoms with Crippen molar-refractivity contribution in [1.82, 2.24) is 15.6 Å². The molecule has 0 aliphatic heterocycles. The molecule has 1 aliphatic rings. The lowest BCUT2D eigenvalue weighted by Crippen LogP contribution is -2.36. The zero-order valence-corrected chi connectivity index (χ0v) is 15.7. The minimum atomic E-state index is -0.208. The number of hydrogen-bond donors (Lipinski definition) is 2. The Morgan fingerprint density at radius 3 is 2.70 bits per heavy atom. The minimum absolute atomic E-state index is 0.208. The van der Waals surface area contributed by atoms with Crippen molar-refractivity contribution in [3.8, 4) is 11.6 Å². The molecule has 0 saturated heterocycles. The summed E-state index contributed by atoms with van der Waals surface area (Å²) in [7, 11) is 1.65. The van der Waals surface area contributed by atoms with E-state index in [1.54, 1.807) is 13.3 Å². The first-order valence-electron chi connectivity index (χ1n) is 9.50. The number of benzene rings is 1. The number of hydrogen-bond acceptors (Lipinski definition) is 4. The fraction of sp³-hybridized carbons (Fsp3) is 0.429. The van der Waals surface area contributed by atoms with Crippen LogP contribution in [0.15, 0.2) is 42.6 Å². The Morgan fingerprint density at radius 1 is 1.11 bits per heavy atom. The molecule has 1 heterocycles. The number of amides is 2. The number of carbonyl (C=O) groups is 1. The largest absolute Gasteiger partial charge is 0.496 e. The van der Waals surface area contributed by atoms with E-state index in [1.807, 2.05) is 36.4 Å². The lowest BCUT2D eigenvalue weighted by atomic mass is 10.1. The molecule has 2 aromatic rings. The van der Waals surface area contributed by atoms with E-state index in [4.69, 9.17) is 9.47 Å². The van der Waals surface area contributed by atoms with Gasteiger partial charge in [-0.05, 0) is 49.8 Å². The highest BCUT2D eigenvalue weighted by molar-refractivity contribution is 5.73. The summed E-state index contributed by atoms with van der Waals surface area (Å²) in [6, 6.07) is 11.4. The zero-order chi connectivity index (χ0) is 18.9. The Morgan fingerprint density at radius 2 is 1.89 bits per heavy atom. The van der Waals surface area contributed by atoms with Crippen molar-refractivity contribution in [2.24, 2.45) is 0 Å². The Balaban J connectivity index is 1.45. The number of urea groups is 1. The Hall–Kier alpha value is -2.76. The summed E-state index contributed by atoms with van der Waals surface area (Å²) in [6.45, 7) is 0.918. The van der Waals surface area contributed by atoms with Crippen LogP contribution < -0.4 is 20.1 Å². The summed E-state index contributed by atoms with van der Waals surface area (Å²) < 4.78 is 11.3. The summed E-state index contributed by atoms with van der Waals surface area (Å²) in [5, 5.41) is 5.76. The molecule has 3 rings (SSSR count). The topological polar surface area (TPSA) is 72.5 Å². The van der Waals surface area contributed by atoms with Crippen LogP contribution in [-0.4, -0.2) is 30.8 Å². The van der Waals surface area contributed by atoms with Gasteiger partial charge in [0, 0.05) is 24.8 Å². The molecular formula is C21H27N3O3. The predicted molar refractivity (Wildman–Crippen MR) is 104 cm³/mol. The van der Waals surface area contributed by atoms with E-state index < -0.39 is 0 Å². The van der Waals surface area contributed by atoms with Gasteiger partial charge in [-0.1, -0.05) is 24.3 Å². The summed E-state index contributed by atoms with van der Waals surface area (Å²) in [4.78, 5) is 16.4. The molecule has 1 aliphatic carbocycles. The van der Waals surface area contributed by atoms with Gasteiger partial charge >= 0.3 is 6.03 Å². The minimum Gasteiger partial charge on any atom is -0.496 e. The van der Waals surface area contributed by atoms with Gasteiger partial charge in [0.15, 0.2) is 0 Å². The molecule has 2 N–H and O–H groups in total. The lowest BCUT2D eigenvalue weighted by molar-refractivity contribution is 0.198. The van der Waals surface area contributed by atoms with Crippen molar-refractivity contribution in [3.63, 3.8) is 0 Å². The molecule has 1 saturated carbocycles. The quantitative estimate of drug-likeness (QED) is 0.747. The second-order valence-electron chi connectivity index (χ2n) is 6.66. The summed E-state index contributed by atoms with van der Waals surface area (Å²) in [5.41, 5.74) is 1.96. The van der Waals surface area contributed by atoms with Crippen LogP contribution in [-0.2, 0) is 13.0 Å². The van der Waals surface area contributed by atoms with Crippen LogP contribution in [0.25, 0.3) is 0 Å². The van der Waals surface area contributed by atoms with Crippen LogP contribution in [0.4, 0.5) is 4.79 Å². The molecule has 1 aromatic carbocycles.